The van der Waals surface area contributed by atoms with Gasteiger partial charge in [0.2, 0.25) is 0 Å². The monoisotopic (exact) mass is 119 g/mol. The van der Waals surface area contributed by atoms with E-state index >= 15 is 0 Å². The highest BCUT2D eigenvalue weighted by atomic mass is 14.8. The van der Waals surface area contributed by atoms with Crippen molar-refractivity contribution in [2.24, 2.45) is 5.92 Å². The second-order valence-corrected chi connectivity index (χ2v) is 2.54. The van der Waals surface area contributed by atoms with Crippen LogP contribution in [-0.2, 0) is 0 Å². The Hall–Kier alpha value is -0.720. The second kappa shape index (κ2) is 1.90. The Balaban J connectivity index is 2.08. The van der Waals surface area contributed by atoms with Crippen molar-refractivity contribution in [1.82, 2.24) is 5.32 Å². The Morgan fingerprint density at radius 1 is 1.56 bits per heavy atom. The molecule has 0 unspecified atom stereocenters. The number of rotatable bonds is 1. The van der Waals surface area contributed by atoms with E-state index < -0.39 is 0 Å². The number of allylic oxidation sites excluding steroid dienone is 2. The summed E-state index contributed by atoms with van der Waals surface area (Å²) < 4.78 is 0. The highest BCUT2D eigenvalue weighted by molar-refractivity contribution is 5.30. The predicted molar refractivity (Wildman–Crippen MR) is 36.3 cm³/mol. The maximum absolute atomic E-state index is 2.96. The molecule has 0 spiro atoms. The Bertz CT molecular complexity index is 163. The summed E-state index contributed by atoms with van der Waals surface area (Å²) in [7, 11) is 0. The van der Waals surface area contributed by atoms with E-state index in [2.05, 4.69) is 17.9 Å². The molecule has 1 nitrogen and oxygen atoms in total. The summed E-state index contributed by atoms with van der Waals surface area (Å²) in [4.78, 5) is 0. The number of nitrogens with one attached hydrogen (secondary N) is 1. The number of dihydropyridines is 1. The van der Waals surface area contributed by atoms with Crippen LogP contribution >= 0.6 is 0 Å². The maximum atomic E-state index is 2.96. The third kappa shape index (κ3) is 0.995. The molecule has 0 amide bonds. The normalized spacial score (nSPS) is 25.1. The van der Waals surface area contributed by atoms with E-state index in [4.69, 9.17) is 0 Å². The Kier molecular flexibility index (Phi) is 1.08. The lowest BCUT2D eigenvalue weighted by atomic mass is 10.1. The summed E-state index contributed by atoms with van der Waals surface area (Å²) in [5, 5.41) is 2.89. The average molecular weight is 119 g/mol. The molecule has 0 atom stereocenters. The topological polar surface area (TPSA) is 12.0 Å². The van der Waals surface area contributed by atoms with Gasteiger partial charge in [-0.3, -0.25) is 0 Å². The minimum atomic E-state index is 0.857. The van der Waals surface area contributed by atoms with Crippen LogP contribution in [0.25, 0.3) is 0 Å². The SMILES string of the molecule is [C]1C=C(C2CC2)C=CN1. The molecule has 0 aromatic rings. The molecule has 2 aliphatic rings. The first-order valence-electron chi connectivity index (χ1n) is 3.34. The molecule has 1 aliphatic carbocycles. The fourth-order valence-electron chi connectivity index (χ4n) is 1.03. The fourth-order valence-corrected chi connectivity index (χ4v) is 1.03. The van der Waals surface area contributed by atoms with Crippen LogP contribution in [-0.4, -0.2) is 0 Å². The van der Waals surface area contributed by atoms with Gasteiger partial charge in [0.25, 0.3) is 0 Å². The van der Waals surface area contributed by atoms with E-state index in [1.165, 1.54) is 18.4 Å². The van der Waals surface area contributed by atoms with E-state index in [0.717, 1.165) is 5.92 Å². The Morgan fingerprint density at radius 3 is 3.00 bits per heavy atom. The molecule has 9 heavy (non-hydrogen) atoms. The summed E-state index contributed by atoms with van der Waals surface area (Å²) in [6.07, 6.45) is 8.86. The van der Waals surface area contributed by atoms with Crippen LogP contribution in [0.3, 0.4) is 0 Å². The minimum absolute atomic E-state index is 0.857. The molecule has 2 radical (unpaired) electrons. The van der Waals surface area contributed by atoms with Crippen molar-refractivity contribution in [2.45, 2.75) is 12.8 Å². The zero-order valence-electron chi connectivity index (χ0n) is 5.22. The fraction of sp³-hybridized carbons (Fsp3) is 0.375. The van der Waals surface area contributed by atoms with Gasteiger partial charge in [-0.05, 0) is 36.6 Å². The second-order valence-electron chi connectivity index (χ2n) is 2.54. The van der Waals surface area contributed by atoms with Gasteiger partial charge in [-0.15, -0.1) is 0 Å². The van der Waals surface area contributed by atoms with Crippen LogP contribution in [0.2, 0.25) is 0 Å². The number of hydrogen-bond acceptors (Lipinski definition) is 1. The highest BCUT2D eigenvalue weighted by Gasteiger charge is 2.24. The predicted octanol–water partition coefficient (Wildman–Crippen LogP) is 1.48. The van der Waals surface area contributed by atoms with Gasteiger partial charge >= 0.3 is 0 Å². The zero-order chi connectivity index (χ0) is 6.10. The third-order valence-electron chi connectivity index (χ3n) is 1.73. The number of hydrogen-bond donors (Lipinski definition) is 1. The molecule has 0 aromatic carbocycles. The van der Waals surface area contributed by atoms with Crippen molar-refractivity contribution in [3.05, 3.63) is 30.5 Å². The highest BCUT2D eigenvalue weighted by Crippen LogP contribution is 2.37. The molecule has 1 heterocycles. The average Bonchev–Trinajstić information content (AvgIpc) is 2.71. The Morgan fingerprint density at radius 2 is 2.44 bits per heavy atom. The van der Waals surface area contributed by atoms with Crippen LogP contribution in [0.5, 0.6) is 0 Å². The molecule has 1 fully saturated rings. The summed E-state index contributed by atoms with van der Waals surface area (Å²) >= 11 is 0. The molecule has 1 heteroatoms. The quantitative estimate of drug-likeness (QED) is 0.551. The molecule has 1 aliphatic heterocycles. The standard InChI is InChI=1S/C8H9N/c1-2-7(1)8-3-5-9-6-4-8/h3-5,7,9H,1-2H2. The molecule has 0 bridgehead atoms. The maximum Gasteiger partial charge on any atom is 0.115 e. The molecule has 0 aromatic heterocycles. The zero-order valence-corrected chi connectivity index (χ0v) is 5.22. The molecule has 1 N–H and O–H groups in total. The third-order valence-corrected chi connectivity index (χ3v) is 1.73. The van der Waals surface area contributed by atoms with Gasteiger partial charge in [-0.2, -0.15) is 0 Å². The van der Waals surface area contributed by atoms with E-state index in [0.29, 0.717) is 0 Å². The lowest BCUT2D eigenvalue weighted by Crippen LogP contribution is -2.03. The van der Waals surface area contributed by atoms with Gasteiger partial charge < -0.3 is 5.32 Å². The van der Waals surface area contributed by atoms with Crippen molar-refractivity contribution in [1.29, 1.82) is 0 Å². The van der Waals surface area contributed by atoms with Crippen molar-refractivity contribution >= 4 is 0 Å². The van der Waals surface area contributed by atoms with Gasteiger partial charge in [0, 0.05) is 0 Å². The summed E-state index contributed by atoms with van der Waals surface area (Å²) in [6, 6.07) is 0. The van der Waals surface area contributed by atoms with Crippen LogP contribution in [0.15, 0.2) is 23.9 Å². The minimum Gasteiger partial charge on any atom is -0.377 e. The van der Waals surface area contributed by atoms with Crippen LogP contribution in [0, 0.1) is 12.5 Å². The van der Waals surface area contributed by atoms with Crippen LogP contribution in [0.4, 0.5) is 0 Å². The Labute approximate surface area is 55.5 Å². The van der Waals surface area contributed by atoms with Gasteiger partial charge in [-0.25, -0.2) is 0 Å². The summed E-state index contributed by atoms with van der Waals surface area (Å²) in [5.41, 5.74) is 1.44. The van der Waals surface area contributed by atoms with Gasteiger partial charge in [-0.1, -0.05) is 6.08 Å². The molecule has 46 valence electrons. The first kappa shape index (κ1) is 5.10. The van der Waals surface area contributed by atoms with Crippen LogP contribution in [0.1, 0.15) is 12.8 Å². The van der Waals surface area contributed by atoms with Crippen molar-refractivity contribution in [3.8, 4) is 0 Å². The van der Waals surface area contributed by atoms with E-state index in [9.17, 15) is 0 Å². The van der Waals surface area contributed by atoms with Crippen molar-refractivity contribution < 1.29 is 0 Å². The van der Waals surface area contributed by atoms with Crippen molar-refractivity contribution in [3.63, 3.8) is 0 Å². The molecule has 0 saturated heterocycles. The first-order valence-corrected chi connectivity index (χ1v) is 3.34. The van der Waals surface area contributed by atoms with E-state index in [1.54, 1.807) is 0 Å². The first-order chi connectivity index (χ1) is 4.47. The van der Waals surface area contributed by atoms with Crippen molar-refractivity contribution in [2.75, 3.05) is 0 Å². The summed E-state index contributed by atoms with van der Waals surface area (Å²) in [5.74, 6) is 0.857. The van der Waals surface area contributed by atoms with Crippen LogP contribution < -0.4 is 5.32 Å². The lowest BCUT2D eigenvalue weighted by molar-refractivity contribution is 0.986. The lowest BCUT2D eigenvalue weighted by Gasteiger charge is -2.04. The van der Waals surface area contributed by atoms with Gasteiger partial charge in [0.15, 0.2) is 0 Å². The van der Waals surface area contributed by atoms with E-state index in [1.807, 2.05) is 12.3 Å². The molecule has 2 rings (SSSR count). The van der Waals surface area contributed by atoms with Gasteiger partial charge in [0.1, 0.15) is 6.54 Å². The summed E-state index contributed by atoms with van der Waals surface area (Å²) in [6.45, 7) is 2.96. The smallest absolute Gasteiger partial charge is 0.115 e. The molecule has 1 saturated carbocycles. The largest absolute Gasteiger partial charge is 0.377 e. The van der Waals surface area contributed by atoms with Gasteiger partial charge in [0.05, 0.1) is 0 Å². The molecular formula is C8H9N. The molecular weight excluding hydrogens is 110 g/mol. The van der Waals surface area contributed by atoms with E-state index in [-0.39, 0.29) is 0 Å².